The maximum Gasteiger partial charge on any atom is 0.374 e. The molecule has 0 aromatic rings. The lowest BCUT2D eigenvalue weighted by molar-refractivity contribution is -0.152. The summed E-state index contributed by atoms with van der Waals surface area (Å²) in [5, 5.41) is 16.1. The Labute approximate surface area is 45.7 Å². The van der Waals surface area contributed by atoms with Crippen LogP contribution in [0.5, 0.6) is 0 Å². The van der Waals surface area contributed by atoms with Gasteiger partial charge in [0, 0.05) is 0 Å². The number of ketones is 1. The number of aliphatic carboxylic acids is 1. The summed E-state index contributed by atoms with van der Waals surface area (Å²) in [4.78, 5) is 19.6. The van der Waals surface area contributed by atoms with E-state index in [1.807, 2.05) is 0 Å². The molecule has 2 N–H and O–H groups in total. The number of hydrogen-bond donors (Lipinski definition) is 2. The standard InChI is InChI=1S/C4H6O4/c1-2(5)3(6)4(7)8/h2,5H,1H3,(H,7,8)/t2-/m1/s1. The molecule has 0 aliphatic carbocycles. The maximum absolute atomic E-state index is 9.99. The first-order valence-corrected chi connectivity index (χ1v) is 2.01. The van der Waals surface area contributed by atoms with Crippen molar-refractivity contribution in [1.29, 1.82) is 0 Å². The average molecular weight is 118 g/mol. The highest BCUT2D eigenvalue weighted by atomic mass is 16.4. The van der Waals surface area contributed by atoms with Crippen LogP contribution in [0.2, 0.25) is 0 Å². The molecule has 0 aromatic carbocycles. The largest absolute Gasteiger partial charge is 0.475 e. The minimum atomic E-state index is -1.60. The van der Waals surface area contributed by atoms with E-state index < -0.39 is 17.9 Å². The minimum Gasteiger partial charge on any atom is -0.475 e. The highest BCUT2D eigenvalue weighted by Crippen LogP contribution is 1.81. The molecule has 0 aromatic heterocycles. The average Bonchev–Trinajstić information content (AvgIpc) is 1.64. The molecule has 0 aliphatic rings. The minimum absolute atomic E-state index is 1.11. The van der Waals surface area contributed by atoms with Gasteiger partial charge in [-0.3, -0.25) is 4.79 Å². The molecule has 0 bridgehead atoms. The Morgan fingerprint density at radius 2 is 1.88 bits per heavy atom. The fraction of sp³-hybridized carbons (Fsp3) is 0.500. The summed E-state index contributed by atoms with van der Waals surface area (Å²) in [6.45, 7) is 1.11. The number of carbonyl (C=O) groups excluding carboxylic acids is 1. The second-order valence-electron chi connectivity index (χ2n) is 1.35. The summed E-state index contributed by atoms with van der Waals surface area (Å²) in [5.74, 6) is -2.77. The fourth-order valence-corrected chi connectivity index (χ4v) is 0.179. The van der Waals surface area contributed by atoms with Crippen LogP contribution in [0.15, 0.2) is 0 Å². The van der Waals surface area contributed by atoms with Crippen molar-refractivity contribution in [3.63, 3.8) is 0 Å². The van der Waals surface area contributed by atoms with Crippen molar-refractivity contribution in [2.24, 2.45) is 0 Å². The van der Waals surface area contributed by atoms with Crippen LogP contribution in [-0.2, 0) is 9.59 Å². The third kappa shape index (κ3) is 1.70. The zero-order valence-electron chi connectivity index (χ0n) is 4.29. The van der Waals surface area contributed by atoms with Gasteiger partial charge in [-0.25, -0.2) is 4.79 Å². The Balaban J connectivity index is 3.84. The van der Waals surface area contributed by atoms with Crippen LogP contribution in [0.4, 0.5) is 0 Å². The number of hydrogen-bond acceptors (Lipinski definition) is 3. The third-order valence-corrected chi connectivity index (χ3v) is 0.590. The Morgan fingerprint density at radius 1 is 1.50 bits per heavy atom. The Morgan fingerprint density at radius 3 is 1.88 bits per heavy atom. The molecule has 0 radical (unpaired) electrons. The third-order valence-electron chi connectivity index (χ3n) is 0.590. The van der Waals surface area contributed by atoms with E-state index in [4.69, 9.17) is 10.2 Å². The zero-order chi connectivity index (χ0) is 6.73. The van der Waals surface area contributed by atoms with Gasteiger partial charge < -0.3 is 10.2 Å². The Bertz CT molecular complexity index is 115. The molecule has 8 heavy (non-hydrogen) atoms. The predicted octanol–water partition coefficient (Wildman–Crippen LogP) is -0.979. The van der Waals surface area contributed by atoms with E-state index in [9.17, 15) is 9.59 Å². The summed E-state index contributed by atoms with van der Waals surface area (Å²) in [6.07, 6.45) is -1.40. The molecule has 0 spiro atoms. The van der Waals surface area contributed by atoms with Crippen LogP contribution in [0, 0.1) is 0 Å². The van der Waals surface area contributed by atoms with Crippen LogP contribution in [0.1, 0.15) is 6.92 Å². The van der Waals surface area contributed by atoms with Gasteiger partial charge >= 0.3 is 5.97 Å². The van der Waals surface area contributed by atoms with Crippen molar-refractivity contribution in [3.8, 4) is 0 Å². The molecule has 0 fully saturated rings. The van der Waals surface area contributed by atoms with E-state index in [1.54, 1.807) is 0 Å². The lowest BCUT2D eigenvalue weighted by atomic mass is 10.3. The van der Waals surface area contributed by atoms with Crippen molar-refractivity contribution >= 4 is 11.8 Å². The lowest BCUT2D eigenvalue weighted by Crippen LogP contribution is -2.24. The number of aliphatic hydroxyl groups excluding tert-OH is 1. The molecule has 4 nitrogen and oxygen atoms in total. The van der Waals surface area contributed by atoms with Crippen molar-refractivity contribution in [1.82, 2.24) is 0 Å². The van der Waals surface area contributed by atoms with E-state index in [2.05, 4.69) is 0 Å². The zero-order valence-corrected chi connectivity index (χ0v) is 4.29. The van der Waals surface area contributed by atoms with Crippen LogP contribution in [0.3, 0.4) is 0 Å². The summed E-state index contributed by atoms with van der Waals surface area (Å²) >= 11 is 0. The molecule has 0 unspecified atom stereocenters. The van der Waals surface area contributed by atoms with Crippen LogP contribution in [-0.4, -0.2) is 28.1 Å². The number of carboxylic acids is 1. The van der Waals surface area contributed by atoms with E-state index in [-0.39, 0.29) is 0 Å². The van der Waals surface area contributed by atoms with Gasteiger partial charge in [0.2, 0.25) is 0 Å². The highest BCUT2D eigenvalue weighted by molar-refractivity contribution is 6.34. The summed E-state index contributed by atoms with van der Waals surface area (Å²) in [5.41, 5.74) is 0. The monoisotopic (exact) mass is 118 g/mol. The second-order valence-corrected chi connectivity index (χ2v) is 1.35. The van der Waals surface area contributed by atoms with Crippen molar-refractivity contribution < 1.29 is 19.8 Å². The number of carbonyl (C=O) groups is 2. The topological polar surface area (TPSA) is 74.6 Å². The molecular formula is C4H6O4. The number of rotatable bonds is 2. The fourth-order valence-electron chi connectivity index (χ4n) is 0.179. The van der Waals surface area contributed by atoms with Gasteiger partial charge in [-0.2, -0.15) is 0 Å². The summed E-state index contributed by atoms with van der Waals surface area (Å²) < 4.78 is 0. The van der Waals surface area contributed by atoms with E-state index in [0.29, 0.717) is 0 Å². The molecule has 0 rings (SSSR count). The first-order chi connectivity index (χ1) is 3.55. The van der Waals surface area contributed by atoms with Crippen LogP contribution in [0.25, 0.3) is 0 Å². The number of carboxylic acid groups (broad SMARTS) is 1. The van der Waals surface area contributed by atoms with Crippen molar-refractivity contribution in [2.45, 2.75) is 13.0 Å². The van der Waals surface area contributed by atoms with Gasteiger partial charge in [0.15, 0.2) is 0 Å². The van der Waals surface area contributed by atoms with E-state index in [1.165, 1.54) is 0 Å². The van der Waals surface area contributed by atoms with E-state index in [0.717, 1.165) is 6.92 Å². The first kappa shape index (κ1) is 7.10. The van der Waals surface area contributed by atoms with Gasteiger partial charge in [-0.05, 0) is 6.92 Å². The van der Waals surface area contributed by atoms with Gasteiger partial charge in [-0.1, -0.05) is 0 Å². The van der Waals surface area contributed by atoms with Crippen molar-refractivity contribution in [2.75, 3.05) is 0 Å². The molecule has 0 saturated heterocycles. The number of aliphatic hydroxyl groups is 1. The molecule has 0 amide bonds. The SMILES string of the molecule is C[C@@H](O)C(=O)C(=O)O. The van der Waals surface area contributed by atoms with Gasteiger partial charge in [-0.15, -0.1) is 0 Å². The molecule has 1 atom stereocenters. The quantitative estimate of drug-likeness (QED) is 0.457. The van der Waals surface area contributed by atoms with Crippen LogP contribution >= 0.6 is 0 Å². The normalized spacial score (nSPS) is 12.8. The van der Waals surface area contributed by atoms with Crippen molar-refractivity contribution in [3.05, 3.63) is 0 Å². The molecule has 0 heterocycles. The molecular weight excluding hydrogens is 112 g/mol. The Hall–Kier alpha value is -0.900. The smallest absolute Gasteiger partial charge is 0.374 e. The van der Waals surface area contributed by atoms with E-state index >= 15 is 0 Å². The summed E-state index contributed by atoms with van der Waals surface area (Å²) in [6, 6.07) is 0. The molecule has 0 saturated carbocycles. The van der Waals surface area contributed by atoms with Gasteiger partial charge in [0.1, 0.15) is 6.10 Å². The molecule has 4 heteroatoms. The number of Topliss-reactive ketones (excluding diaryl/α,β-unsaturated/α-hetero) is 1. The second kappa shape index (κ2) is 2.42. The summed E-state index contributed by atoms with van der Waals surface area (Å²) in [7, 11) is 0. The molecule has 0 aliphatic heterocycles. The lowest BCUT2D eigenvalue weighted by Gasteiger charge is -1.93. The van der Waals surface area contributed by atoms with Gasteiger partial charge in [0.25, 0.3) is 5.78 Å². The van der Waals surface area contributed by atoms with Crippen LogP contribution < -0.4 is 0 Å². The van der Waals surface area contributed by atoms with Gasteiger partial charge in [0.05, 0.1) is 0 Å². The predicted molar refractivity (Wildman–Crippen MR) is 24.3 cm³/mol. The molecule has 46 valence electrons. The maximum atomic E-state index is 9.99. The first-order valence-electron chi connectivity index (χ1n) is 2.01. The highest BCUT2D eigenvalue weighted by Gasteiger charge is 2.16. The Kier molecular flexibility index (Phi) is 2.15.